The monoisotopic (exact) mass is 306 g/mol. The molecule has 1 aliphatic rings. The van der Waals surface area contributed by atoms with Crippen LogP contribution >= 0.6 is 0 Å². The molecule has 23 heavy (non-hydrogen) atoms. The number of benzene rings is 2. The van der Waals surface area contributed by atoms with E-state index in [4.69, 9.17) is 0 Å². The van der Waals surface area contributed by atoms with Gasteiger partial charge < -0.3 is 10.2 Å². The van der Waals surface area contributed by atoms with Gasteiger partial charge >= 0.3 is 11.8 Å². The topological polar surface area (TPSA) is 78.1 Å². The molecule has 0 bridgehead atoms. The number of anilines is 2. The van der Waals surface area contributed by atoms with Crippen LogP contribution in [0.4, 0.5) is 11.4 Å². The number of hydrogen-bond acceptors (Lipinski definition) is 3. The largest absolute Gasteiger partial charge is 0.318 e. The minimum atomic E-state index is -0.638. The summed E-state index contributed by atoms with van der Waals surface area (Å²) in [4.78, 5) is 26.2. The van der Waals surface area contributed by atoms with E-state index in [-0.39, 0.29) is 0 Å². The fraction of sp³-hybridized carbons (Fsp3) is 0.118. The van der Waals surface area contributed by atoms with Crippen molar-refractivity contribution in [3.63, 3.8) is 0 Å². The number of amides is 2. The van der Waals surface area contributed by atoms with Crippen molar-refractivity contribution in [3.05, 3.63) is 54.2 Å². The second-order valence-corrected chi connectivity index (χ2v) is 5.46. The van der Waals surface area contributed by atoms with Crippen LogP contribution < -0.4 is 10.2 Å². The zero-order chi connectivity index (χ0) is 15.8. The van der Waals surface area contributed by atoms with Crippen LogP contribution in [0.3, 0.4) is 0 Å². The fourth-order valence-corrected chi connectivity index (χ4v) is 2.87. The average molecular weight is 306 g/mol. The Morgan fingerprint density at radius 3 is 2.96 bits per heavy atom. The van der Waals surface area contributed by atoms with E-state index < -0.39 is 11.8 Å². The van der Waals surface area contributed by atoms with Crippen molar-refractivity contribution in [1.29, 1.82) is 0 Å². The summed E-state index contributed by atoms with van der Waals surface area (Å²) in [5.41, 5.74) is 3.28. The fourth-order valence-electron chi connectivity index (χ4n) is 2.87. The summed E-state index contributed by atoms with van der Waals surface area (Å²) in [6.07, 6.45) is 2.47. The second kappa shape index (κ2) is 5.24. The zero-order valence-corrected chi connectivity index (χ0v) is 12.2. The van der Waals surface area contributed by atoms with E-state index in [0.717, 1.165) is 28.6 Å². The molecular formula is C17H14N4O2. The van der Waals surface area contributed by atoms with Gasteiger partial charge in [-0.1, -0.05) is 18.2 Å². The highest BCUT2D eigenvalue weighted by Crippen LogP contribution is 2.27. The quantitative estimate of drug-likeness (QED) is 0.676. The summed E-state index contributed by atoms with van der Waals surface area (Å²) < 4.78 is 0. The van der Waals surface area contributed by atoms with Gasteiger partial charge in [-0.2, -0.15) is 5.10 Å². The molecule has 2 amide bonds. The molecule has 2 heterocycles. The summed E-state index contributed by atoms with van der Waals surface area (Å²) in [6, 6.07) is 13.0. The third kappa shape index (κ3) is 2.34. The molecule has 3 aromatic rings. The molecule has 2 N–H and O–H groups in total. The van der Waals surface area contributed by atoms with E-state index in [2.05, 4.69) is 15.5 Å². The maximum atomic E-state index is 12.4. The van der Waals surface area contributed by atoms with Gasteiger partial charge in [0.25, 0.3) is 0 Å². The number of rotatable bonds is 1. The molecule has 6 heteroatoms. The molecule has 0 unspecified atom stereocenters. The first-order valence-corrected chi connectivity index (χ1v) is 7.36. The number of nitrogens with zero attached hydrogens (tertiary/aromatic N) is 2. The van der Waals surface area contributed by atoms with Crippen molar-refractivity contribution in [2.75, 3.05) is 16.8 Å². The molecule has 0 radical (unpaired) electrons. The van der Waals surface area contributed by atoms with Crippen LogP contribution in [0.15, 0.2) is 48.7 Å². The summed E-state index contributed by atoms with van der Waals surface area (Å²) in [7, 11) is 0. The summed E-state index contributed by atoms with van der Waals surface area (Å²) in [6.45, 7) is 0.533. The number of nitrogens with one attached hydrogen (secondary N) is 2. The maximum absolute atomic E-state index is 12.4. The predicted molar refractivity (Wildman–Crippen MR) is 87.2 cm³/mol. The summed E-state index contributed by atoms with van der Waals surface area (Å²) in [5.74, 6) is -1.18. The van der Waals surface area contributed by atoms with Crippen molar-refractivity contribution in [1.82, 2.24) is 10.2 Å². The van der Waals surface area contributed by atoms with Crippen molar-refractivity contribution >= 4 is 34.1 Å². The summed E-state index contributed by atoms with van der Waals surface area (Å²) >= 11 is 0. The predicted octanol–water partition coefficient (Wildman–Crippen LogP) is 2.09. The maximum Gasteiger partial charge on any atom is 0.316 e. The third-order valence-electron chi connectivity index (χ3n) is 4.03. The van der Waals surface area contributed by atoms with E-state index in [1.54, 1.807) is 18.3 Å². The van der Waals surface area contributed by atoms with E-state index in [0.29, 0.717) is 12.2 Å². The van der Waals surface area contributed by atoms with Gasteiger partial charge in [-0.05, 0) is 36.2 Å². The number of aromatic amines is 1. The number of carbonyl (C=O) groups is 2. The molecule has 1 aliphatic heterocycles. The molecule has 0 atom stereocenters. The van der Waals surface area contributed by atoms with E-state index in [1.165, 1.54) is 4.90 Å². The molecule has 4 rings (SSSR count). The van der Waals surface area contributed by atoms with Gasteiger partial charge in [0, 0.05) is 23.3 Å². The van der Waals surface area contributed by atoms with Crippen LogP contribution in [0.25, 0.3) is 10.9 Å². The highest BCUT2D eigenvalue weighted by Gasteiger charge is 2.28. The van der Waals surface area contributed by atoms with Crippen LogP contribution in [0, 0.1) is 0 Å². The number of H-pyrrole nitrogens is 1. The summed E-state index contributed by atoms with van der Waals surface area (Å²) in [5, 5.41) is 10.4. The van der Waals surface area contributed by atoms with Gasteiger partial charge in [0.15, 0.2) is 0 Å². The molecular weight excluding hydrogens is 292 g/mol. The van der Waals surface area contributed by atoms with Crippen molar-refractivity contribution in [2.45, 2.75) is 6.42 Å². The van der Waals surface area contributed by atoms with Crippen LogP contribution in [0.1, 0.15) is 5.56 Å². The van der Waals surface area contributed by atoms with Gasteiger partial charge in [-0.25, -0.2) is 0 Å². The number of fused-ring (bicyclic) bond motifs is 2. The Bertz CT molecular complexity index is 916. The van der Waals surface area contributed by atoms with Gasteiger partial charge in [0.2, 0.25) is 0 Å². The minimum absolute atomic E-state index is 0.533. The van der Waals surface area contributed by atoms with Gasteiger partial charge in [0.1, 0.15) is 0 Å². The first-order valence-electron chi connectivity index (χ1n) is 7.36. The second-order valence-electron chi connectivity index (χ2n) is 5.46. The number of aromatic nitrogens is 2. The normalized spacial score (nSPS) is 13.1. The van der Waals surface area contributed by atoms with E-state index in [9.17, 15) is 9.59 Å². The Morgan fingerprint density at radius 1 is 1.17 bits per heavy atom. The first kappa shape index (κ1) is 13.5. The standard InChI is InChI=1S/C17H14N4O2/c22-16(19-13-6-5-12-10-18-20-14(12)9-13)17(23)21-8-7-11-3-1-2-4-15(11)21/h1-6,9-10H,7-8H2,(H,18,20)(H,19,22). The molecule has 114 valence electrons. The smallest absolute Gasteiger partial charge is 0.316 e. The Kier molecular flexibility index (Phi) is 3.08. The van der Waals surface area contributed by atoms with Crippen LogP contribution in [-0.4, -0.2) is 28.6 Å². The molecule has 0 saturated heterocycles. The first-order chi connectivity index (χ1) is 11.2. The Labute approximate surface area is 132 Å². The average Bonchev–Trinajstić information content (AvgIpc) is 3.20. The number of carbonyl (C=O) groups excluding carboxylic acids is 2. The Hall–Kier alpha value is -3.15. The van der Waals surface area contributed by atoms with Crippen LogP contribution in [0.5, 0.6) is 0 Å². The molecule has 6 nitrogen and oxygen atoms in total. The lowest BCUT2D eigenvalue weighted by atomic mass is 10.2. The molecule has 0 saturated carbocycles. The van der Waals surface area contributed by atoms with E-state index >= 15 is 0 Å². The van der Waals surface area contributed by atoms with Crippen molar-refractivity contribution < 1.29 is 9.59 Å². The van der Waals surface area contributed by atoms with Gasteiger partial charge in [-0.15, -0.1) is 0 Å². The lowest BCUT2D eigenvalue weighted by molar-refractivity contribution is -0.134. The Balaban J connectivity index is 1.54. The zero-order valence-electron chi connectivity index (χ0n) is 12.2. The molecule has 1 aromatic heterocycles. The molecule has 2 aromatic carbocycles. The molecule has 0 spiro atoms. The number of hydrogen-bond donors (Lipinski definition) is 2. The number of para-hydroxylation sites is 1. The van der Waals surface area contributed by atoms with Crippen molar-refractivity contribution in [3.8, 4) is 0 Å². The lowest BCUT2D eigenvalue weighted by Gasteiger charge is -2.16. The van der Waals surface area contributed by atoms with Crippen LogP contribution in [-0.2, 0) is 16.0 Å². The minimum Gasteiger partial charge on any atom is -0.318 e. The van der Waals surface area contributed by atoms with Crippen LogP contribution in [0.2, 0.25) is 0 Å². The van der Waals surface area contributed by atoms with E-state index in [1.807, 2.05) is 30.3 Å². The van der Waals surface area contributed by atoms with Gasteiger partial charge in [0.05, 0.1) is 11.7 Å². The Morgan fingerprint density at radius 2 is 2.04 bits per heavy atom. The lowest BCUT2D eigenvalue weighted by Crippen LogP contribution is -2.38. The molecule has 0 aliphatic carbocycles. The van der Waals surface area contributed by atoms with Gasteiger partial charge in [-0.3, -0.25) is 14.7 Å². The highest BCUT2D eigenvalue weighted by atomic mass is 16.2. The third-order valence-corrected chi connectivity index (χ3v) is 4.03. The SMILES string of the molecule is O=C(Nc1ccc2cn[nH]c2c1)C(=O)N1CCc2ccccc21. The highest BCUT2D eigenvalue weighted by molar-refractivity contribution is 6.44. The molecule has 0 fully saturated rings. The van der Waals surface area contributed by atoms with Crippen molar-refractivity contribution in [2.24, 2.45) is 0 Å².